The molecular weight excluding hydrogens is 392 g/mol. The summed E-state index contributed by atoms with van der Waals surface area (Å²) in [4.78, 5) is 24.0. The topological polar surface area (TPSA) is 102 Å². The zero-order chi connectivity index (χ0) is 21.6. The van der Waals surface area contributed by atoms with Gasteiger partial charge in [0.2, 0.25) is 10.0 Å². The molecule has 0 bridgehead atoms. The van der Waals surface area contributed by atoms with Crippen molar-refractivity contribution >= 4 is 33.7 Å². The molecule has 0 aliphatic heterocycles. The number of carbonyl (C=O) groups is 2. The maximum absolute atomic E-state index is 12.6. The van der Waals surface area contributed by atoms with E-state index in [0.717, 1.165) is 5.56 Å². The molecule has 0 aliphatic carbocycles. The van der Waals surface area contributed by atoms with Gasteiger partial charge >= 0.3 is 5.97 Å². The number of hydrogen-bond donors (Lipinski definition) is 2. The number of aryl methyl sites for hydroxylation is 1. The highest BCUT2D eigenvalue weighted by Crippen LogP contribution is 2.22. The highest BCUT2D eigenvalue weighted by atomic mass is 32.2. The number of benzene rings is 2. The van der Waals surface area contributed by atoms with Crippen LogP contribution in [0.4, 0.5) is 5.69 Å². The van der Waals surface area contributed by atoms with Crippen LogP contribution < -0.4 is 10.0 Å². The minimum absolute atomic E-state index is 0.0737. The third-order valence-electron chi connectivity index (χ3n) is 4.31. The van der Waals surface area contributed by atoms with Gasteiger partial charge in [0.05, 0.1) is 11.5 Å². The first-order valence-corrected chi connectivity index (χ1v) is 10.5. The molecule has 0 saturated heterocycles. The summed E-state index contributed by atoms with van der Waals surface area (Å²) < 4.78 is 31.5. The third kappa shape index (κ3) is 5.75. The summed E-state index contributed by atoms with van der Waals surface area (Å²) >= 11 is 0. The van der Waals surface area contributed by atoms with Gasteiger partial charge in [-0.15, -0.1) is 0 Å². The van der Waals surface area contributed by atoms with Crippen molar-refractivity contribution in [2.45, 2.75) is 25.7 Å². The molecule has 1 amide bonds. The van der Waals surface area contributed by atoms with Crippen molar-refractivity contribution in [2.75, 3.05) is 19.0 Å². The van der Waals surface area contributed by atoms with Gasteiger partial charge in [0, 0.05) is 17.3 Å². The summed E-state index contributed by atoms with van der Waals surface area (Å²) in [6.07, 6.45) is 2.94. The smallest absolute Gasteiger partial charge is 0.330 e. The van der Waals surface area contributed by atoms with Gasteiger partial charge in [-0.2, -0.15) is 0 Å². The van der Waals surface area contributed by atoms with Gasteiger partial charge < -0.3 is 10.1 Å². The fourth-order valence-electron chi connectivity index (χ4n) is 2.58. The molecular formula is C21H24N2O5S. The molecule has 0 aliphatic rings. The lowest BCUT2D eigenvalue weighted by molar-refractivity contribution is -0.137. The second kappa shape index (κ2) is 9.49. The molecule has 0 radical (unpaired) electrons. The standard InChI is InChI=1S/C21H24N2O5S/c1-5-28-20(24)11-8-16-6-9-18(10-7-16)23-21(25)17-12-14(2)15(3)19(13-17)29(26,27)22-4/h6-13,22H,5H2,1-4H3,(H,23,25). The summed E-state index contributed by atoms with van der Waals surface area (Å²) in [6.45, 7) is 5.50. The van der Waals surface area contributed by atoms with Crippen LogP contribution in [0.15, 0.2) is 47.4 Å². The Hall–Kier alpha value is -2.97. The Morgan fingerprint density at radius 3 is 2.34 bits per heavy atom. The van der Waals surface area contributed by atoms with Gasteiger partial charge in [-0.3, -0.25) is 4.79 Å². The normalized spacial score (nSPS) is 11.4. The lowest BCUT2D eigenvalue weighted by Crippen LogP contribution is -2.21. The van der Waals surface area contributed by atoms with Crippen LogP contribution in [0.25, 0.3) is 6.08 Å². The van der Waals surface area contributed by atoms with Crippen LogP contribution in [-0.2, 0) is 19.6 Å². The molecule has 8 heteroatoms. The maximum atomic E-state index is 12.6. The summed E-state index contributed by atoms with van der Waals surface area (Å²) in [7, 11) is -2.35. The minimum Gasteiger partial charge on any atom is -0.463 e. The van der Waals surface area contributed by atoms with Gasteiger partial charge in [-0.05, 0) is 74.9 Å². The van der Waals surface area contributed by atoms with E-state index in [0.29, 0.717) is 23.4 Å². The molecule has 0 heterocycles. The van der Waals surface area contributed by atoms with Crippen LogP contribution in [-0.4, -0.2) is 33.9 Å². The number of hydrogen-bond acceptors (Lipinski definition) is 5. The zero-order valence-electron chi connectivity index (χ0n) is 16.8. The van der Waals surface area contributed by atoms with Crippen molar-refractivity contribution in [3.05, 3.63) is 64.7 Å². The molecule has 154 valence electrons. The number of sulfonamides is 1. The molecule has 7 nitrogen and oxygen atoms in total. The van der Waals surface area contributed by atoms with Crippen molar-refractivity contribution < 1.29 is 22.7 Å². The van der Waals surface area contributed by atoms with Crippen LogP contribution in [0.1, 0.15) is 34.0 Å². The van der Waals surface area contributed by atoms with Gasteiger partial charge in [0.15, 0.2) is 0 Å². The highest BCUT2D eigenvalue weighted by Gasteiger charge is 2.19. The zero-order valence-corrected chi connectivity index (χ0v) is 17.6. The Bertz CT molecular complexity index is 1040. The molecule has 0 unspecified atom stereocenters. The Labute approximate surface area is 170 Å². The lowest BCUT2D eigenvalue weighted by Gasteiger charge is -2.12. The van der Waals surface area contributed by atoms with Gasteiger partial charge in [-0.25, -0.2) is 17.9 Å². The van der Waals surface area contributed by atoms with Crippen LogP contribution in [0.3, 0.4) is 0 Å². The summed E-state index contributed by atoms with van der Waals surface area (Å²) in [5.41, 5.74) is 2.84. The molecule has 2 rings (SSSR count). The van der Waals surface area contributed by atoms with Crippen molar-refractivity contribution in [1.29, 1.82) is 0 Å². The van der Waals surface area contributed by atoms with Crippen molar-refractivity contribution in [3.63, 3.8) is 0 Å². The van der Waals surface area contributed by atoms with Crippen LogP contribution in [0.2, 0.25) is 0 Å². The van der Waals surface area contributed by atoms with Crippen LogP contribution in [0, 0.1) is 13.8 Å². The van der Waals surface area contributed by atoms with E-state index in [-0.39, 0.29) is 10.5 Å². The van der Waals surface area contributed by atoms with E-state index >= 15 is 0 Å². The van der Waals surface area contributed by atoms with E-state index < -0.39 is 21.9 Å². The molecule has 0 saturated carbocycles. The Kier molecular flexibility index (Phi) is 7.30. The fraction of sp³-hybridized carbons (Fsp3) is 0.238. The molecule has 0 atom stereocenters. The Balaban J connectivity index is 2.19. The lowest BCUT2D eigenvalue weighted by atomic mass is 10.1. The second-order valence-corrected chi connectivity index (χ2v) is 8.14. The van der Waals surface area contributed by atoms with Gasteiger partial charge in [0.1, 0.15) is 0 Å². The number of carbonyl (C=O) groups excluding carboxylic acids is 2. The van der Waals surface area contributed by atoms with E-state index in [1.54, 1.807) is 57.2 Å². The van der Waals surface area contributed by atoms with E-state index in [9.17, 15) is 18.0 Å². The molecule has 2 aromatic carbocycles. The number of amides is 1. The molecule has 0 fully saturated rings. The quantitative estimate of drug-likeness (QED) is 0.534. The monoisotopic (exact) mass is 416 g/mol. The van der Waals surface area contributed by atoms with Crippen molar-refractivity contribution in [2.24, 2.45) is 0 Å². The van der Waals surface area contributed by atoms with Crippen LogP contribution >= 0.6 is 0 Å². The first-order valence-electron chi connectivity index (χ1n) is 8.99. The fourth-order valence-corrected chi connectivity index (χ4v) is 3.65. The highest BCUT2D eigenvalue weighted by molar-refractivity contribution is 7.89. The molecule has 2 N–H and O–H groups in total. The molecule has 2 aromatic rings. The Morgan fingerprint density at radius 1 is 1.10 bits per heavy atom. The van der Waals surface area contributed by atoms with Crippen LogP contribution in [0.5, 0.6) is 0 Å². The maximum Gasteiger partial charge on any atom is 0.330 e. The van der Waals surface area contributed by atoms with Crippen molar-refractivity contribution in [3.8, 4) is 0 Å². The molecule has 0 aromatic heterocycles. The minimum atomic E-state index is -3.68. The van der Waals surface area contributed by atoms with Crippen molar-refractivity contribution in [1.82, 2.24) is 4.72 Å². The van der Waals surface area contributed by atoms with Gasteiger partial charge in [0.25, 0.3) is 5.91 Å². The SMILES string of the molecule is CCOC(=O)C=Cc1ccc(NC(=O)c2cc(C)c(C)c(S(=O)(=O)NC)c2)cc1. The predicted octanol–water partition coefficient (Wildman–Crippen LogP) is 3.04. The average Bonchev–Trinajstić information content (AvgIpc) is 2.69. The average molecular weight is 416 g/mol. The Morgan fingerprint density at radius 2 is 1.76 bits per heavy atom. The van der Waals surface area contributed by atoms with E-state index in [1.165, 1.54) is 19.2 Å². The molecule has 0 spiro atoms. The number of esters is 1. The first-order chi connectivity index (χ1) is 13.7. The largest absolute Gasteiger partial charge is 0.463 e. The van der Waals surface area contributed by atoms with E-state index in [1.807, 2.05) is 0 Å². The van der Waals surface area contributed by atoms with Gasteiger partial charge in [-0.1, -0.05) is 12.1 Å². The summed E-state index contributed by atoms with van der Waals surface area (Å²) in [5, 5.41) is 2.74. The first kappa shape index (κ1) is 22.3. The van der Waals surface area contributed by atoms with E-state index in [4.69, 9.17) is 4.74 Å². The van der Waals surface area contributed by atoms with E-state index in [2.05, 4.69) is 10.0 Å². The number of anilines is 1. The summed E-state index contributed by atoms with van der Waals surface area (Å²) in [5.74, 6) is -0.845. The summed E-state index contributed by atoms with van der Waals surface area (Å²) in [6, 6.07) is 9.87. The predicted molar refractivity (Wildman–Crippen MR) is 112 cm³/mol. The number of rotatable bonds is 7. The molecule has 29 heavy (non-hydrogen) atoms. The number of ether oxygens (including phenoxy) is 1. The third-order valence-corrected chi connectivity index (χ3v) is 5.85. The number of nitrogens with one attached hydrogen (secondary N) is 2. The second-order valence-electron chi connectivity index (χ2n) is 6.29.